The number of alkyl halides is 3. The number of rotatable bonds is 6. The Hall–Kier alpha value is -2.74. The van der Waals surface area contributed by atoms with E-state index in [0.29, 0.717) is 55.1 Å². The molecular weight excluding hydrogens is 471 g/mol. The van der Waals surface area contributed by atoms with Crippen molar-refractivity contribution in [2.75, 3.05) is 6.61 Å². The molecule has 36 heavy (non-hydrogen) atoms. The molecule has 0 aromatic heterocycles. The Morgan fingerprint density at radius 1 is 1.06 bits per heavy atom. The fraction of sp³-hybridized carbons (Fsp3) is 0.536. The van der Waals surface area contributed by atoms with Gasteiger partial charge in [0.25, 0.3) is 0 Å². The van der Waals surface area contributed by atoms with Crippen molar-refractivity contribution in [2.24, 2.45) is 0 Å². The second-order valence-electron chi connectivity index (χ2n) is 10.6. The number of fused-ring (bicyclic) bond motifs is 4. The van der Waals surface area contributed by atoms with Crippen molar-refractivity contribution in [2.45, 2.75) is 88.2 Å². The van der Waals surface area contributed by atoms with Crippen molar-refractivity contribution in [3.8, 4) is 11.5 Å². The van der Waals surface area contributed by atoms with Crippen molar-refractivity contribution in [3.63, 3.8) is 0 Å². The van der Waals surface area contributed by atoms with Crippen LogP contribution in [0.5, 0.6) is 11.5 Å². The zero-order chi connectivity index (χ0) is 25.0. The van der Waals surface area contributed by atoms with Gasteiger partial charge < -0.3 is 14.6 Å². The highest BCUT2D eigenvalue weighted by Gasteiger charge is 2.41. The minimum Gasteiger partial charge on any atom is -0.492 e. The number of piperidine rings is 1. The van der Waals surface area contributed by atoms with Gasteiger partial charge in [-0.15, -0.1) is 0 Å². The van der Waals surface area contributed by atoms with E-state index in [2.05, 4.69) is 4.90 Å². The second-order valence-corrected chi connectivity index (χ2v) is 10.6. The highest BCUT2D eigenvalue weighted by atomic mass is 19.4. The van der Waals surface area contributed by atoms with Gasteiger partial charge in [0.05, 0.1) is 18.6 Å². The molecule has 0 saturated carbocycles. The molecule has 0 spiro atoms. The third-order valence-corrected chi connectivity index (χ3v) is 8.53. The van der Waals surface area contributed by atoms with E-state index in [1.807, 2.05) is 6.07 Å². The van der Waals surface area contributed by atoms with E-state index in [1.54, 1.807) is 18.2 Å². The quantitative estimate of drug-likeness (QED) is 0.508. The van der Waals surface area contributed by atoms with Gasteiger partial charge in [-0.05, 0) is 67.3 Å². The number of carboxylic acids is 1. The van der Waals surface area contributed by atoms with E-state index in [4.69, 9.17) is 14.6 Å². The van der Waals surface area contributed by atoms with Crippen LogP contribution in [0.4, 0.5) is 13.2 Å². The van der Waals surface area contributed by atoms with Crippen LogP contribution in [0.2, 0.25) is 0 Å². The van der Waals surface area contributed by atoms with E-state index in [1.165, 1.54) is 12.5 Å². The predicted octanol–water partition coefficient (Wildman–Crippen LogP) is 6.24. The molecule has 1 N–H and O–H groups in total. The van der Waals surface area contributed by atoms with Gasteiger partial charge in [0, 0.05) is 36.2 Å². The van der Waals surface area contributed by atoms with Crippen molar-refractivity contribution in [3.05, 3.63) is 58.1 Å². The largest absolute Gasteiger partial charge is 0.492 e. The van der Waals surface area contributed by atoms with E-state index >= 15 is 0 Å². The van der Waals surface area contributed by atoms with Crippen LogP contribution in [-0.2, 0) is 23.9 Å². The first-order chi connectivity index (χ1) is 17.3. The lowest BCUT2D eigenvalue weighted by molar-refractivity contribution is -0.139. The fourth-order valence-electron chi connectivity index (χ4n) is 6.85. The highest BCUT2D eigenvalue weighted by molar-refractivity contribution is 5.68. The number of ether oxygens (including phenoxy) is 2. The molecule has 0 radical (unpaired) electrons. The monoisotopic (exact) mass is 501 g/mol. The summed E-state index contributed by atoms with van der Waals surface area (Å²) in [5, 5.41) is 9.11. The van der Waals surface area contributed by atoms with E-state index < -0.39 is 17.7 Å². The van der Waals surface area contributed by atoms with Crippen molar-refractivity contribution < 1.29 is 32.5 Å². The Labute approximate surface area is 208 Å². The van der Waals surface area contributed by atoms with Gasteiger partial charge in [-0.2, -0.15) is 13.2 Å². The summed E-state index contributed by atoms with van der Waals surface area (Å²) in [7, 11) is 0. The van der Waals surface area contributed by atoms with Crippen LogP contribution in [-0.4, -0.2) is 34.7 Å². The summed E-state index contributed by atoms with van der Waals surface area (Å²) in [5.41, 5.74) is 2.40. The molecule has 2 aromatic rings. The smallest absolute Gasteiger partial charge is 0.416 e. The predicted molar refractivity (Wildman–Crippen MR) is 126 cm³/mol. The third kappa shape index (κ3) is 4.23. The molecular formula is C28H30F3NO4. The number of nitrogens with zero attached hydrogens (tertiary/aromatic N) is 1. The minimum absolute atomic E-state index is 0.00620. The molecule has 2 fully saturated rings. The Bertz CT molecular complexity index is 1160. The molecule has 8 heteroatoms. The Kier molecular flexibility index (Phi) is 5.90. The lowest BCUT2D eigenvalue weighted by Crippen LogP contribution is -2.39. The van der Waals surface area contributed by atoms with E-state index in [9.17, 15) is 18.0 Å². The van der Waals surface area contributed by atoms with Crippen molar-refractivity contribution in [1.29, 1.82) is 0 Å². The standard InChI is InChI=1S/C28H30F3NO4/c29-28(30,31)24-10-8-22-21(23(24)14-32-17-2-1-3-18(32)5-4-17)9-11-25(22)36-19-6-7-20-16(12-27(33)34)15-35-26(20)13-19/h6-8,10,13,16-18,25H,1-5,9,11-12,14-15H2,(H,33,34)/t16?,17-,18?,25+/m0/s1. The van der Waals surface area contributed by atoms with Crippen LogP contribution < -0.4 is 9.47 Å². The van der Waals surface area contributed by atoms with Gasteiger partial charge in [0.1, 0.15) is 17.6 Å². The molecule has 192 valence electrons. The molecule has 2 bridgehead atoms. The maximum Gasteiger partial charge on any atom is 0.416 e. The number of hydrogen-bond donors (Lipinski definition) is 1. The molecule has 4 aliphatic rings. The molecule has 3 heterocycles. The number of carbonyl (C=O) groups is 1. The zero-order valence-corrected chi connectivity index (χ0v) is 20.0. The summed E-state index contributed by atoms with van der Waals surface area (Å²) in [4.78, 5) is 13.4. The van der Waals surface area contributed by atoms with Crippen molar-refractivity contribution in [1.82, 2.24) is 4.90 Å². The van der Waals surface area contributed by atoms with Gasteiger partial charge in [-0.3, -0.25) is 9.69 Å². The number of benzene rings is 2. The first kappa shape index (κ1) is 23.6. The van der Waals surface area contributed by atoms with Crippen LogP contribution in [0.25, 0.3) is 0 Å². The molecule has 2 unspecified atom stereocenters. The van der Waals surface area contributed by atoms with E-state index in [-0.39, 0.29) is 18.4 Å². The van der Waals surface area contributed by atoms with Gasteiger partial charge in [0.15, 0.2) is 0 Å². The van der Waals surface area contributed by atoms with Crippen LogP contribution in [0.1, 0.15) is 84.8 Å². The number of halogens is 3. The van der Waals surface area contributed by atoms with Gasteiger partial charge >= 0.3 is 12.1 Å². The van der Waals surface area contributed by atoms with Gasteiger partial charge in [-0.1, -0.05) is 18.6 Å². The zero-order valence-electron chi connectivity index (χ0n) is 20.0. The molecule has 6 rings (SSSR count). The number of aliphatic carboxylic acids is 1. The normalized spacial score (nSPS) is 27.0. The third-order valence-electron chi connectivity index (χ3n) is 8.53. The first-order valence-corrected chi connectivity index (χ1v) is 12.9. The summed E-state index contributed by atoms with van der Waals surface area (Å²) in [5.74, 6) is 0.141. The highest BCUT2D eigenvalue weighted by Crippen LogP contribution is 2.46. The lowest BCUT2D eigenvalue weighted by Gasteiger charge is -2.36. The molecule has 3 aliphatic heterocycles. The maximum absolute atomic E-state index is 14.1. The number of hydrogen-bond acceptors (Lipinski definition) is 4. The van der Waals surface area contributed by atoms with Crippen LogP contribution >= 0.6 is 0 Å². The van der Waals surface area contributed by atoms with Gasteiger partial charge in [0.2, 0.25) is 0 Å². The summed E-state index contributed by atoms with van der Waals surface area (Å²) in [6.07, 6.45) is 1.96. The van der Waals surface area contributed by atoms with E-state index in [0.717, 1.165) is 42.4 Å². The summed E-state index contributed by atoms with van der Waals surface area (Å²) < 4.78 is 54.2. The molecule has 0 amide bonds. The second kappa shape index (κ2) is 8.98. The number of carboxylic acid groups (broad SMARTS) is 1. The Morgan fingerprint density at radius 2 is 1.81 bits per heavy atom. The topological polar surface area (TPSA) is 59.0 Å². The van der Waals surface area contributed by atoms with Gasteiger partial charge in [-0.25, -0.2) is 0 Å². The molecule has 1 aliphatic carbocycles. The summed E-state index contributed by atoms with van der Waals surface area (Å²) in [6, 6.07) is 9.03. The summed E-state index contributed by atoms with van der Waals surface area (Å²) in [6.45, 7) is 0.678. The van der Waals surface area contributed by atoms with Crippen LogP contribution in [0, 0.1) is 0 Å². The molecule has 2 aromatic carbocycles. The lowest BCUT2D eigenvalue weighted by atomic mass is 9.94. The molecule has 2 saturated heterocycles. The fourth-order valence-corrected chi connectivity index (χ4v) is 6.85. The average molecular weight is 502 g/mol. The molecule has 4 atom stereocenters. The SMILES string of the molecule is O=C(O)CC1COc2cc(O[C@@H]3CCc4c3ccc(C(F)(F)F)c4CN3C4CCC[C@H]3CC4)ccc21. The average Bonchev–Trinajstić information content (AvgIpc) is 3.46. The maximum atomic E-state index is 14.1. The van der Waals surface area contributed by atoms with Crippen molar-refractivity contribution >= 4 is 5.97 Å². The van der Waals surface area contributed by atoms with Crippen LogP contribution in [0.15, 0.2) is 30.3 Å². The summed E-state index contributed by atoms with van der Waals surface area (Å²) >= 11 is 0. The Balaban J connectivity index is 1.27. The minimum atomic E-state index is -4.39. The first-order valence-electron chi connectivity index (χ1n) is 12.9. The van der Waals surface area contributed by atoms with Crippen LogP contribution in [0.3, 0.4) is 0 Å². The molecule has 5 nitrogen and oxygen atoms in total. The Morgan fingerprint density at radius 3 is 2.53 bits per heavy atom.